The molecule has 1 aromatic carbocycles. The lowest BCUT2D eigenvalue weighted by Gasteiger charge is -2.18. The lowest BCUT2D eigenvalue weighted by Crippen LogP contribution is -2.35. The molecule has 5 heteroatoms. The van der Waals surface area contributed by atoms with Crippen LogP contribution in [0.25, 0.3) is 0 Å². The van der Waals surface area contributed by atoms with Gasteiger partial charge in [0, 0.05) is 10.4 Å². The van der Waals surface area contributed by atoms with Crippen LogP contribution in [0.15, 0.2) is 39.6 Å². The molecule has 0 unspecified atom stereocenters. The van der Waals surface area contributed by atoms with E-state index >= 15 is 0 Å². The first-order valence-electron chi connectivity index (χ1n) is 6.27. The highest BCUT2D eigenvalue weighted by molar-refractivity contribution is 7.98. The number of nitrogens with one attached hydrogen (secondary N) is 1. The van der Waals surface area contributed by atoms with E-state index in [0.29, 0.717) is 24.1 Å². The maximum Gasteiger partial charge on any atom is 0.230 e. The fourth-order valence-electron chi connectivity index (χ4n) is 1.42. The largest absolute Gasteiger partial charge is 0.423 e. The number of thioether (sulfide) groups is 1. The maximum atomic E-state index is 5.60. The predicted molar refractivity (Wildman–Crippen MR) is 76.9 cm³/mol. The van der Waals surface area contributed by atoms with E-state index in [2.05, 4.69) is 48.4 Å². The zero-order valence-corrected chi connectivity index (χ0v) is 12.3. The van der Waals surface area contributed by atoms with Crippen LogP contribution >= 0.6 is 11.8 Å². The zero-order valence-electron chi connectivity index (χ0n) is 11.5. The van der Waals surface area contributed by atoms with Gasteiger partial charge in [-0.25, -0.2) is 0 Å². The topological polar surface area (TPSA) is 51.0 Å². The quantitative estimate of drug-likeness (QED) is 0.850. The lowest BCUT2D eigenvalue weighted by atomic mass is 10.1. The first-order chi connectivity index (χ1) is 9.03. The number of aromatic nitrogens is 2. The van der Waals surface area contributed by atoms with Gasteiger partial charge in [0.2, 0.25) is 11.8 Å². The maximum absolute atomic E-state index is 5.60. The smallest absolute Gasteiger partial charge is 0.230 e. The molecule has 1 heterocycles. The minimum atomic E-state index is 0.0490. The summed E-state index contributed by atoms with van der Waals surface area (Å²) in [7, 11) is 0. The van der Waals surface area contributed by atoms with Crippen LogP contribution in [0.2, 0.25) is 0 Å². The summed E-state index contributed by atoms with van der Waals surface area (Å²) in [6, 6.07) is 10.2. The van der Waals surface area contributed by atoms with Crippen molar-refractivity contribution in [1.29, 1.82) is 0 Å². The Morgan fingerprint density at radius 3 is 2.47 bits per heavy atom. The van der Waals surface area contributed by atoms with Gasteiger partial charge in [-0.3, -0.25) is 0 Å². The van der Waals surface area contributed by atoms with Crippen molar-refractivity contribution in [3.63, 3.8) is 0 Å². The molecule has 0 saturated carbocycles. The van der Waals surface area contributed by atoms with Crippen molar-refractivity contribution in [2.45, 2.75) is 43.5 Å². The Bertz CT molecular complexity index is 505. The second-order valence-corrected chi connectivity index (χ2v) is 6.34. The van der Waals surface area contributed by atoms with Crippen LogP contribution in [-0.2, 0) is 12.3 Å². The van der Waals surface area contributed by atoms with Gasteiger partial charge in [-0.05, 0) is 32.9 Å². The van der Waals surface area contributed by atoms with Crippen molar-refractivity contribution in [2.75, 3.05) is 0 Å². The van der Waals surface area contributed by atoms with Crippen LogP contribution in [0.4, 0.5) is 0 Å². The lowest BCUT2D eigenvalue weighted by molar-refractivity contribution is 0.374. The standard InChI is InChI=1S/C14H19N3OS/c1-14(2,3)15-9-12-16-17-13(18-12)10-19-11-7-5-4-6-8-11/h4-8,15H,9-10H2,1-3H3. The highest BCUT2D eigenvalue weighted by Crippen LogP contribution is 2.21. The van der Waals surface area contributed by atoms with Crippen LogP contribution in [0.1, 0.15) is 32.6 Å². The molecular formula is C14H19N3OS. The summed E-state index contributed by atoms with van der Waals surface area (Å²) in [4.78, 5) is 1.20. The van der Waals surface area contributed by atoms with E-state index in [-0.39, 0.29) is 5.54 Å². The molecule has 1 N–H and O–H groups in total. The Morgan fingerprint density at radius 2 is 1.79 bits per heavy atom. The van der Waals surface area contributed by atoms with Gasteiger partial charge in [-0.2, -0.15) is 0 Å². The molecule has 0 saturated heterocycles. The average Bonchev–Trinajstić information content (AvgIpc) is 2.82. The molecule has 19 heavy (non-hydrogen) atoms. The Labute approximate surface area is 118 Å². The van der Waals surface area contributed by atoms with Crippen molar-refractivity contribution in [3.05, 3.63) is 42.1 Å². The van der Waals surface area contributed by atoms with Gasteiger partial charge in [0.1, 0.15) is 0 Å². The average molecular weight is 277 g/mol. The number of rotatable bonds is 5. The summed E-state index contributed by atoms with van der Waals surface area (Å²) in [5.41, 5.74) is 0.0490. The second kappa shape index (κ2) is 6.21. The van der Waals surface area contributed by atoms with E-state index in [0.717, 1.165) is 0 Å². The van der Waals surface area contributed by atoms with Crippen molar-refractivity contribution < 1.29 is 4.42 Å². The Hall–Kier alpha value is -1.33. The van der Waals surface area contributed by atoms with E-state index in [9.17, 15) is 0 Å². The number of nitrogens with zero attached hydrogens (tertiary/aromatic N) is 2. The number of hydrogen-bond donors (Lipinski definition) is 1. The molecule has 102 valence electrons. The second-order valence-electron chi connectivity index (χ2n) is 5.29. The minimum Gasteiger partial charge on any atom is -0.423 e. The van der Waals surface area contributed by atoms with Crippen LogP contribution in [0, 0.1) is 0 Å². The molecule has 0 radical (unpaired) electrons. The first kappa shape index (κ1) is 14.1. The van der Waals surface area contributed by atoms with E-state index in [1.165, 1.54) is 4.90 Å². The molecule has 0 amide bonds. The minimum absolute atomic E-state index is 0.0490. The highest BCUT2D eigenvalue weighted by atomic mass is 32.2. The first-order valence-corrected chi connectivity index (χ1v) is 7.26. The van der Waals surface area contributed by atoms with Crippen molar-refractivity contribution >= 4 is 11.8 Å². The van der Waals surface area contributed by atoms with Gasteiger partial charge >= 0.3 is 0 Å². The molecule has 0 fully saturated rings. The molecule has 1 aromatic heterocycles. The van der Waals surface area contributed by atoms with Gasteiger partial charge in [-0.1, -0.05) is 18.2 Å². The van der Waals surface area contributed by atoms with Crippen molar-refractivity contribution in [3.8, 4) is 0 Å². The van der Waals surface area contributed by atoms with Gasteiger partial charge < -0.3 is 9.73 Å². The summed E-state index contributed by atoms with van der Waals surface area (Å²) >= 11 is 1.69. The molecule has 2 aromatic rings. The van der Waals surface area contributed by atoms with Crippen LogP contribution in [-0.4, -0.2) is 15.7 Å². The summed E-state index contributed by atoms with van der Waals surface area (Å²) in [6.07, 6.45) is 0. The van der Waals surface area contributed by atoms with Gasteiger partial charge in [-0.15, -0.1) is 22.0 Å². The predicted octanol–water partition coefficient (Wildman–Crippen LogP) is 3.25. The van der Waals surface area contributed by atoms with Gasteiger partial charge in [0.25, 0.3) is 0 Å². The Kier molecular flexibility index (Phi) is 4.61. The van der Waals surface area contributed by atoms with Gasteiger partial charge in [0.15, 0.2) is 0 Å². The Balaban J connectivity index is 1.84. The molecule has 0 spiro atoms. The third kappa shape index (κ3) is 5.04. The van der Waals surface area contributed by atoms with Crippen LogP contribution in [0.3, 0.4) is 0 Å². The van der Waals surface area contributed by atoms with Gasteiger partial charge in [0.05, 0.1) is 12.3 Å². The molecule has 2 rings (SSSR count). The molecule has 0 aliphatic rings. The number of benzene rings is 1. The third-order valence-electron chi connectivity index (χ3n) is 2.38. The summed E-state index contributed by atoms with van der Waals surface area (Å²) in [5, 5.41) is 11.4. The van der Waals surface area contributed by atoms with Crippen molar-refractivity contribution in [1.82, 2.24) is 15.5 Å². The zero-order chi connectivity index (χ0) is 13.7. The molecule has 0 aliphatic carbocycles. The summed E-state index contributed by atoms with van der Waals surface area (Å²) < 4.78 is 5.60. The van der Waals surface area contributed by atoms with E-state index in [4.69, 9.17) is 4.42 Å². The van der Waals surface area contributed by atoms with Crippen LogP contribution < -0.4 is 5.32 Å². The highest BCUT2D eigenvalue weighted by Gasteiger charge is 2.12. The number of hydrogen-bond acceptors (Lipinski definition) is 5. The molecule has 4 nitrogen and oxygen atoms in total. The summed E-state index contributed by atoms with van der Waals surface area (Å²) in [5.74, 6) is 2.00. The normalized spacial score (nSPS) is 11.7. The van der Waals surface area contributed by atoms with E-state index in [1.54, 1.807) is 11.8 Å². The van der Waals surface area contributed by atoms with Crippen LogP contribution in [0.5, 0.6) is 0 Å². The molecule has 0 bridgehead atoms. The van der Waals surface area contributed by atoms with E-state index < -0.39 is 0 Å². The van der Waals surface area contributed by atoms with E-state index in [1.807, 2.05) is 18.2 Å². The van der Waals surface area contributed by atoms with Crippen molar-refractivity contribution in [2.24, 2.45) is 0 Å². The monoisotopic (exact) mass is 277 g/mol. The Morgan fingerprint density at radius 1 is 1.11 bits per heavy atom. The summed E-state index contributed by atoms with van der Waals surface area (Å²) in [6.45, 7) is 6.92. The fourth-order valence-corrected chi connectivity index (χ4v) is 2.18. The molecule has 0 atom stereocenters. The third-order valence-corrected chi connectivity index (χ3v) is 3.38. The fraction of sp³-hybridized carbons (Fsp3) is 0.429. The SMILES string of the molecule is CC(C)(C)NCc1nnc(CSc2ccccc2)o1. The molecule has 0 aliphatic heterocycles. The molecular weight excluding hydrogens is 258 g/mol.